The van der Waals surface area contributed by atoms with Crippen LogP contribution in [0.2, 0.25) is 0 Å². The van der Waals surface area contributed by atoms with Crippen molar-refractivity contribution in [2.75, 3.05) is 20.8 Å². The molecule has 326 valence electrons. The fraction of sp³-hybridized carbons (Fsp3) is 0.711. The van der Waals surface area contributed by atoms with E-state index in [-0.39, 0.29) is 43.3 Å². The third-order valence-electron chi connectivity index (χ3n) is 13.4. The smallest absolute Gasteiger partial charge is 0.322 e. The molecule has 59 heavy (non-hydrogen) atoms. The van der Waals surface area contributed by atoms with Crippen LogP contribution in [0.1, 0.15) is 87.5 Å². The highest BCUT2D eigenvalue weighted by atomic mass is 16.7. The summed E-state index contributed by atoms with van der Waals surface area (Å²) in [7, 11) is 3.01. The van der Waals surface area contributed by atoms with Crippen molar-refractivity contribution >= 4 is 11.9 Å². The Morgan fingerprint density at radius 3 is 2.54 bits per heavy atom. The Morgan fingerprint density at radius 1 is 1.12 bits per heavy atom. The summed E-state index contributed by atoms with van der Waals surface area (Å²) in [6.07, 6.45) is 9.21. The van der Waals surface area contributed by atoms with Gasteiger partial charge in [-0.25, -0.2) is 0 Å². The minimum Gasteiger partial charge on any atom is -0.462 e. The molecule has 2 N–H and O–H groups in total. The Morgan fingerprint density at radius 2 is 1.86 bits per heavy atom. The first kappa shape index (κ1) is 45.3. The van der Waals surface area contributed by atoms with Crippen molar-refractivity contribution in [2.45, 2.75) is 160 Å². The van der Waals surface area contributed by atoms with Crippen LogP contribution in [0.15, 0.2) is 59.3 Å². The molecule has 3 fully saturated rings. The molecule has 3 unspecified atom stereocenters. The standard InChI is InChI=1S/C45H64N2O12/c1-11-25(2)40-28(5)17-18-43(58-40)22-34-20-33(57-43)16-15-27(4)39(56-37-21-36(52-10)44(24-46,30(7)54-37)47(9)59-31(8)48)26(3)13-12-14-32-23-53-41-38(49)29(6)19-35(42(50)55-34)45(32,41)51/h12-15,17-19,25-26,28,30,33-41,49,51H,11,16,20-23H2,1-10H3/b13-12+,27-15+,32-14+/t25?,26?,28-,30-,33+,34-,35-,36-,37-,38+,39-,40+,41?,43+,44+,45+/m0/s1. The van der Waals surface area contributed by atoms with Gasteiger partial charge in [0.2, 0.25) is 0 Å². The number of fused-ring (bicyclic) bond motifs is 2. The van der Waals surface area contributed by atoms with Crippen LogP contribution < -0.4 is 0 Å². The highest BCUT2D eigenvalue weighted by Crippen LogP contribution is 2.47. The summed E-state index contributed by atoms with van der Waals surface area (Å²) in [5, 5.41) is 35.3. The van der Waals surface area contributed by atoms with Gasteiger partial charge >= 0.3 is 11.9 Å². The highest BCUT2D eigenvalue weighted by Gasteiger charge is 2.60. The molecule has 14 heteroatoms. The van der Waals surface area contributed by atoms with Gasteiger partial charge in [-0.15, -0.1) is 5.06 Å². The van der Waals surface area contributed by atoms with Gasteiger partial charge in [-0.1, -0.05) is 70.6 Å². The van der Waals surface area contributed by atoms with E-state index >= 15 is 0 Å². The van der Waals surface area contributed by atoms with E-state index in [9.17, 15) is 25.1 Å². The monoisotopic (exact) mass is 824 g/mol. The number of hydrogen-bond donors (Lipinski definition) is 2. The summed E-state index contributed by atoms with van der Waals surface area (Å²) >= 11 is 0. The second-order valence-corrected chi connectivity index (χ2v) is 17.5. The van der Waals surface area contributed by atoms with Crippen molar-refractivity contribution in [3.05, 3.63) is 59.3 Å². The van der Waals surface area contributed by atoms with Crippen LogP contribution in [-0.4, -0.2) is 120 Å². The average molecular weight is 825 g/mol. The number of nitrogens with zero attached hydrogens (tertiary/aromatic N) is 2. The fourth-order valence-corrected chi connectivity index (χ4v) is 9.87. The van der Waals surface area contributed by atoms with Crippen LogP contribution >= 0.6 is 0 Å². The lowest BCUT2D eigenvalue weighted by molar-refractivity contribution is -0.302. The van der Waals surface area contributed by atoms with Crippen molar-refractivity contribution in [3.8, 4) is 6.07 Å². The number of esters is 1. The lowest BCUT2D eigenvalue weighted by Crippen LogP contribution is -2.66. The normalized spacial score (nSPS) is 45.5. The van der Waals surface area contributed by atoms with Crippen molar-refractivity contribution in [1.29, 1.82) is 5.26 Å². The molecule has 0 amide bonds. The Bertz CT molecular complexity index is 1770. The number of methoxy groups -OCH3 is 1. The van der Waals surface area contributed by atoms with Crippen LogP contribution in [0.25, 0.3) is 0 Å². The first-order valence-electron chi connectivity index (χ1n) is 21.1. The van der Waals surface area contributed by atoms with Crippen molar-refractivity contribution in [1.82, 2.24) is 5.06 Å². The molecular formula is C45H64N2O12. The number of rotatable bonds is 7. The van der Waals surface area contributed by atoms with Crippen molar-refractivity contribution in [3.63, 3.8) is 0 Å². The molecule has 5 aliphatic heterocycles. The van der Waals surface area contributed by atoms with Crippen molar-refractivity contribution < 1.29 is 57.8 Å². The van der Waals surface area contributed by atoms with Crippen molar-refractivity contribution in [2.24, 2.45) is 23.7 Å². The number of aliphatic hydroxyl groups excluding tert-OH is 1. The summed E-state index contributed by atoms with van der Waals surface area (Å²) in [6.45, 7) is 15.1. The lowest BCUT2D eigenvalue weighted by Gasteiger charge is -2.48. The Labute approximate surface area is 348 Å². The number of hydrogen-bond acceptors (Lipinski definition) is 14. The highest BCUT2D eigenvalue weighted by molar-refractivity contribution is 5.78. The zero-order valence-corrected chi connectivity index (χ0v) is 36.2. The SMILES string of the molecule is CCC(C)[C@H]1O[C@]2(C=C[C@@H]1C)C[C@@H]1C[C@@H](C/C=C(\C)[C@@H](O[C@H]3C[C@H](OC)[C@](C#N)(N(C)OC(C)=O)[C@H](C)O3)C(C)/C=C/C=C3\COC4[C@H](O)C(C)=C[C@@H](C(=O)O1)[C@]34O)O2. The van der Waals surface area contributed by atoms with E-state index in [2.05, 4.69) is 39.0 Å². The molecule has 2 bridgehead atoms. The van der Waals surface area contributed by atoms with E-state index in [1.165, 1.54) is 26.1 Å². The van der Waals surface area contributed by atoms with Gasteiger partial charge in [-0.2, -0.15) is 5.26 Å². The molecule has 0 aromatic rings. The minimum absolute atomic E-state index is 0.00558. The number of allylic oxidation sites excluding steroid dienone is 2. The summed E-state index contributed by atoms with van der Waals surface area (Å²) in [5.74, 6) is -3.31. The number of ether oxygens (including phenoxy) is 7. The lowest BCUT2D eigenvalue weighted by atomic mass is 9.71. The molecule has 1 aliphatic carbocycles. The van der Waals surface area contributed by atoms with Crippen LogP contribution in [0.3, 0.4) is 0 Å². The van der Waals surface area contributed by atoms with Gasteiger partial charge in [-0.05, 0) is 55.9 Å². The Hall–Kier alpha value is -3.23. The molecule has 0 radical (unpaired) electrons. The van der Waals surface area contributed by atoms with E-state index in [1.54, 1.807) is 32.1 Å². The van der Waals surface area contributed by atoms with Crippen LogP contribution in [0, 0.1) is 35.0 Å². The summed E-state index contributed by atoms with van der Waals surface area (Å²) in [4.78, 5) is 31.6. The number of aliphatic hydroxyl groups is 2. The maximum Gasteiger partial charge on any atom is 0.322 e. The molecule has 0 aromatic carbocycles. The first-order chi connectivity index (χ1) is 27.9. The number of carbonyl (C=O) groups excluding carboxylic acids is 2. The molecule has 14 nitrogen and oxygen atoms in total. The van der Waals surface area contributed by atoms with Gasteiger partial charge in [0.05, 0.1) is 43.2 Å². The van der Waals surface area contributed by atoms with Gasteiger partial charge in [0, 0.05) is 52.2 Å². The third kappa shape index (κ3) is 8.65. The third-order valence-corrected chi connectivity index (χ3v) is 13.4. The molecule has 6 rings (SSSR count). The largest absolute Gasteiger partial charge is 0.462 e. The first-order valence-corrected chi connectivity index (χ1v) is 21.1. The number of nitriles is 1. The average Bonchev–Trinajstić information content (AvgIpc) is 3.53. The topological polar surface area (TPSA) is 175 Å². The second kappa shape index (κ2) is 18.0. The fourth-order valence-electron chi connectivity index (χ4n) is 9.87. The Balaban J connectivity index is 1.37. The Kier molecular flexibility index (Phi) is 13.8. The van der Waals surface area contributed by atoms with E-state index in [0.29, 0.717) is 24.0 Å². The van der Waals surface area contributed by atoms with Gasteiger partial charge in [0.1, 0.15) is 29.8 Å². The van der Waals surface area contributed by atoms with E-state index in [4.69, 9.17) is 38.0 Å². The maximum atomic E-state index is 14.3. The molecular weight excluding hydrogens is 760 g/mol. The second-order valence-electron chi connectivity index (χ2n) is 17.5. The van der Waals surface area contributed by atoms with E-state index < -0.39 is 83.8 Å². The van der Waals surface area contributed by atoms with Crippen LogP contribution in [-0.2, 0) is 47.6 Å². The molecule has 6 aliphatic rings. The number of hydroxylamine groups is 2. The summed E-state index contributed by atoms with van der Waals surface area (Å²) < 4.78 is 45.2. The summed E-state index contributed by atoms with van der Waals surface area (Å²) in [5.41, 5.74) is -1.45. The van der Waals surface area contributed by atoms with Gasteiger partial charge in [0.15, 0.2) is 17.6 Å². The molecule has 16 atom stereocenters. The van der Waals surface area contributed by atoms with E-state index in [1.807, 2.05) is 26.0 Å². The van der Waals surface area contributed by atoms with Gasteiger partial charge in [0.25, 0.3) is 0 Å². The summed E-state index contributed by atoms with van der Waals surface area (Å²) in [6, 6.07) is 2.29. The molecule has 3 saturated heterocycles. The number of carbonyl (C=O) groups is 2. The van der Waals surface area contributed by atoms with Gasteiger partial charge in [-0.3, -0.25) is 9.59 Å². The molecule has 5 heterocycles. The zero-order valence-electron chi connectivity index (χ0n) is 36.2. The maximum absolute atomic E-state index is 14.3. The quantitative estimate of drug-likeness (QED) is 0.196. The van der Waals surface area contributed by atoms with E-state index in [0.717, 1.165) is 12.0 Å². The predicted molar refractivity (Wildman–Crippen MR) is 215 cm³/mol. The van der Waals surface area contributed by atoms with Crippen LogP contribution in [0.4, 0.5) is 0 Å². The predicted octanol–water partition coefficient (Wildman–Crippen LogP) is 5.15. The molecule has 1 spiro atoms. The number of likely N-dealkylation sites (N-methyl/N-ethyl adjacent to an activating group) is 1. The minimum atomic E-state index is -1.86. The molecule has 0 aromatic heterocycles. The molecule has 0 saturated carbocycles. The zero-order chi connectivity index (χ0) is 43.0. The van der Waals surface area contributed by atoms with Gasteiger partial charge < -0.3 is 48.2 Å². The van der Waals surface area contributed by atoms with Crippen LogP contribution in [0.5, 0.6) is 0 Å².